The van der Waals surface area contributed by atoms with Crippen LogP contribution in [0.3, 0.4) is 0 Å². The van der Waals surface area contributed by atoms with Crippen molar-refractivity contribution in [3.05, 3.63) is 53.9 Å². The minimum Gasteiger partial charge on any atom is -0.487 e. The number of hydrogen-bond donors (Lipinski definition) is 1. The van der Waals surface area contributed by atoms with Crippen molar-refractivity contribution in [1.29, 1.82) is 0 Å². The van der Waals surface area contributed by atoms with Crippen LogP contribution in [-0.4, -0.2) is 45.9 Å². The monoisotopic (exact) mass is 366 g/mol. The number of fused-ring (bicyclic) bond motifs is 1. The molecule has 2 aliphatic rings. The second kappa shape index (κ2) is 7.26. The number of amides is 3. The Bertz CT molecular complexity index is 822. The van der Waals surface area contributed by atoms with Gasteiger partial charge in [0.25, 0.3) is 0 Å². The predicted octanol–water partition coefficient (Wildman–Crippen LogP) is 2.63. The van der Waals surface area contributed by atoms with Crippen molar-refractivity contribution >= 4 is 17.6 Å². The van der Waals surface area contributed by atoms with Crippen LogP contribution in [0.2, 0.25) is 0 Å². The Morgan fingerprint density at radius 3 is 2.56 bits per heavy atom. The van der Waals surface area contributed by atoms with E-state index >= 15 is 0 Å². The zero-order valence-electron chi connectivity index (χ0n) is 15.2. The maximum atomic E-state index is 12.5. The Labute approximate surface area is 157 Å². The fourth-order valence-corrected chi connectivity index (χ4v) is 3.32. The number of urea groups is 1. The highest BCUT2D eigenvalue weighted by molar-refractivity contribution is 5.89. The molecule has 0 bridgehead atoms. The van der Waals surface area contributed by atoms with Crippen LogP contribution in [-0.2, 0) is 17.9 Å². The zero-order chi connectivity index (χ0) is 18.8. The quantitative estimate of drug-likeness (QED) is 0.903. The van der Waals surface area contributed by atoms with E-state index in [1.807, 2.05) is 43.5 Å². The van der Waals surface area contributed by atoms with E-state index in [9.17, 15) is 9.59 Å². The van der Waals surface area contributed by atoms with E-state index in [1.165, 1.54) is 0 Å². The summed E-state index contributed by atoms with van der Waals surface area (Å²) in [6.45, 7) is 4.30. The lowest BCUT2D eigenvalue weighted by Crippen LogP contribution is -2.56. The summed E-state index contributed by atoms with van der Waals surface area (Å²) in [5.41, 5.74) is 2.95. The van der Waals surface area contributed by atoms with Crippen molar-refractivity contribution in [1.82, 2.24) is 14.8 Å². The molecule has 7 heteroatoms. The molecule has 0 saturated carbocycles. The van der Waals surface area contributed by atoms with Crippen molar-refractivity contribution in [2.75, 3.05) is 18.4 Å². The summed E-state index contributed by atoms with van der Waals surface area (Å²) in [5, 5.41) is 2.91. The van der Waals surface area contributed by atoms with Crippen molar-refractivity contribution < 1.29 is 14.3 Å². The fraction of sp³-hybridized carbons (Fsp3) is 0.350. The van der Waals surface area contributed by atoms with Gasteiger partial charge in [0.2, 0.25) is 5.91 Å². The Morgan fingerprint density at radius 1 is 1.11 bits per heavy atom. The maximum absolute atomic E-state index is 12.5. The lowest BCUT2D eigenvalue weighted by molar-refractivity contribution is -0.139. The van der Waals surface area contributed by atoms with Crippen molar-refractivity contribution in [3.63, 3.8) is 0 Å². The molecule has 0 aliphatic carbocycles. The first kappa shape index (κ1) is 17.3. The number of pyridine rings is 1. The molecular weight excluding hydrogens is 344 g/mol. The number of carbonyl (C=O) groups excluding carboxylic acids is 2. The van der Waals surface area contributed by atoms with E-state index < -0.39 is 0 Å². The summed E-state index contributed by atoms with van der Waals surface area (Å²) < 4.78 is 5.85. The van der Waals surface area contributed by atoms with Crippen LogP contribution in [0.1, 0.15) is 24.5 Å². The highest BCUT2D eigenvalue weighted by Crippen LogP contribution is 2.24. The molecule has 140 valence electrons. The SMILES string of the molecule is CCC(=O)N1CC(Oc2ccc(NC(=O)N3Cc4ccncc4C3)cc2)C1. The van der Waals surface area contributed by atoms with Crippen LogP contribution in [0.15, 0.2) is 42.7 Å². The van der Waals surface area contributed by atoms with Crippen LogP contribution >= 0.6 is 0 Å². The molecule has 0 radical (unpaired) electrons. The van der Waals surface area contributed by atoms with Crippen LogP contribution < -0.4 is 10.1 Å². The molecule has 1 aromatic carbocycles. The number of rotatable bonds is 4. The van der Waals surface area contributed by atoms with E-state index in [0.717, 1.165) is 22.6 Å². The molecule has 0 atom stereocenters. The smallest absolute Gasteiger partial charge is 0.322 e. The van der Waals surface area contributed by atoms with Gasteiger partial charge in [0.1, 0.15) is 11.9 Å². The molecule has 2 aromatic rings. The standard InChI is InChI=1S/C20H22N4O3/c1-2-19(25)23-12-18(13-23)27-17-5-3-16(4-6-17)22-20(26)24-10-14-7-8-21-9-15(14)11-24/h3-9,18H,2,10-13H2,1H3,(H,22,26). The molecule has 3 heterocycles. The third kappa shape index (κ3) is 3.72. The second-order valence-corrected chi connectivity index (χ2v) is 6.85. The van der Waals surface area contributed by atoms with E-state index in [1.54, 1.807) is 16.0 Å². The summed E-state index contributed by atoms with van der Waals surface area (Å²) in [4.78, 5) is 31.7. The summed E-state index contributed by atoms with van der Waals surface area (Å²) in [6.07, 6.45) is 4.13. The third-order valence-corrected chi connectivity index (χ3v) is 4.93. The van der Waals surface area contributed by atoms with Gasteiger partial charge in [0.15, 0.2) is 0 Å². The molecule has 0 unspecified atom stereocenters. The number of anilines is 1. The molecule has 27 heavy (non-hydrogen) atoms. The van der Waals surface area contributed by atoms with Crippen molar-refractivity contribution in [3.8, 4) is 5.75 Å². The molecule has 3 amide bonds. The number of nitrogens with zero attached hydrogens (tertiary/aromatic N) is 3. The van der Waals surface area contributed by atoms with Gasteiger partial charge in [0.05, 0.1) is 13.1 Å². The number of aromatic nitrogens is 1. The predicted molar refractivity (Wildman–Crippen MR) is 100 cm³/mol. The fourth-order valence-electron chi connectivity index (χ4n) is 3.32. The number of nitrogens with one attached hydrogen (secondary N) is 1. The average Bonchev–Trinajstić information content (AvgIpc) is 3.09. The summed E-state index contributed by atoms with van der Waals surface area (Å²) in [7, 11) is 0. The summed E-state index contributed by atoms with van der Waals surface area (Å²) >= 11 is 0. The van der Waals surface area contributed by atoms with Crippen LogP contribution in [0.4, 0.5) is 10.5 Å². The Balaban J connectivity index is 1.27. The highest BCUT2D eigenvalue weighted by atomic mass is 16.5. The first-order chi connectivity index (χ1) is 13.1. The Morgan fingerprint density at radius 2 is 1.85 bits per heavy atom. The van der Waals surface area contributed by atoms with Gasteiger partial charge in [-0.3, -0.25) is 9.78 Å². The molecule has 1 fully saturated rings. The van der Waals surface area contributed by atoms with Crippen LogP contribution in [0.25, 0.3) is 0 Å². The summed E-state index contributed by atoms with van der Waals surface area (Å²) in [5.74, 6) is 0.897. The molecule has 2 aliphatic heterocycles. The Kier molecular flexibility index (Phi) is 4.66. The number of ether oxygens (including phenoxy) is 1. The maximum Gasteiger partial charge on any atom is 0.322 e. The molecule has 1 N–H and O–H groups in total. The van der Waals surface area contributed by atoms with Crippen molar-refractivity contribution in [2.45, 2.75) is 32.5 Å². The topological polar surface area (TPSA) is 74.8 Å². The first-order valence-corrected chi connectivity index (χ1v) is 9.14. The van der Waals surface area contributed by atoms with Gasteiger partial charge in [-0.15, -0.1) is 0 Å². The number of carbonyl (C=O) groups is 2. The normalized spacial score (nSPS) is 15.9. The number of benzene rings is 1. The van der Waals surface area contributed by atoms with E-state index in [0.29, 0.717) is 32.6 Å². The minimum atomic E-state index is -0.132. The number of hydrogen-bond acceptors (Lipinski definition) is 4. The first-order valence-electron chi connectivity index (χ1n) is 9.14. The van der Waals surface area contributed by atoms with E-state index in [-0.39, 0.29) is 18.0 Å². The molecule has 1 aromatic heterocycles. The lowest BCUT2D eigenvalue weighted by atomic mass is 10.1. The largest absolute Gasteiger partial charge is 0.487 e. The molecule has 0 spiro atoms. The molecule has 7 nitrogen and oxygen atoms in total. The van der Waals surface area contributed by atoms with Gasteiger partial charge < -0.3 is 19.9 Å². The van der Waals surface area contributed by atoms with Gasteiger partial charge >= 0.3 is 6.03 Å². The van der Waals surface area contributed by atoms with Crippen LogP contribution in [0, 0.1) is 0 Å². The zero-order valence-corrected chi connectivity index (χ0v) is 15.2. The lowest BCUT2D eigenvalue weighted by Gasteiger charge is -2.38. The van der Waals surface area contributed by atoms with Gasteiger partial charge in [-0.25, -0.2) is 4.79 Å². The summed E-state index contributed by atoms with van der Waals surface area (Å²) in [6, 6.07) is 9.14. The van der Waals surface area contributed by atoms with Crippen molar-refractivity contribution in [2.24, 2.45) is 0 Å². The molecule has 1 saturated heterocycles. The van der Waals surface area contributed by atoms with Gasteiger partial charge in [-0.1, -0.05) is 6.92 Å². The number of likely N-dealkylation sites (tertiary alicyclic amines) is 1. The van der Waals surface area contributed by atoms with Gasteiger partial charge in [-0.05, 0) is 41.5 Å². The van der Waals surface area contributed by atoms with Crippen LogP contribution in [0.5, 0.6) is 5.75 Å². The van der Waals surface area contributed by atoms with Gasteiger partial charge in [-0.2, -0.15) is 0 Å². The minimum absolute atomic E-state index is 0.0395. The third-order valence-electron chi connectivity index (χ3n) is 4.93. The van der Waals surface area contributed by atoms with Gasteiger partial charge in [0, 0.05) is 37.6 Å². The molecule has 4 rings (SSSR count). The highest BCUT2D eigenvalue weighted by Gasteiger charge is 2.31. The average molecular weight is 366 g/mol. The molecular formula is C20H22N4O3. The Hall–Kier alpha value is -3.09. The van der Waals surface area contributed by atoms with E-state index in [2.05, 4.69) is 10.3 Å². The second-order valence-electron chi connectivity index (χ2n) is 6.85. The van der Waals surface area contributed by atoms with E-state index in [4.69, 9.17) is 4.74 Å².